The highest BCUT2D eigenvalue weighted by Gasteiger charge is 2.14. The molecule has 0 saturated heterocycles. The van der Waals surface area contributed by atoms with E-state index in [0.717, 1.165) is 22.4 Å². The van der Waals surface area contributed by atoms with Gasteiger partial charge in [-0.05, 0) is 41.8 Å². The Morgan fingerprint density at radius 1 is 1.04 bits per heavy atom. The molecule has 28 heavy (non-hydrogen) atoms. The van der Waals surface area contributed by atoms with E-state index in [-0.39, 0.29) is 5.91 Å². The van der Waals surface area contributed by atoms with Crippen LogP contribution in [0.15, 0.2) is 79.1 Å². The first-order valence-corrected chi connectivity index (χ1v) is 9.21. The van der Waals surface area contributed by atoms with E-state index in [4.69, 9.17) is 4.74 Å². The lowest BCUT2D eigenvalue weighted by Gasteiger charge is -2.22. The molecule has 0 saturated carbocycles. The van der Waals surface area contributed by atoms with E-state index < -0.39 is 0 Å². The molecule has 1 amide bonds. The Kier molecular flexibility index (Phi) is 6.58. The van der Waals surface area contributed by atoms with Crippen molar-refractivity contribution in [1.29, 1.82) is 0 Å². The van der Waals surface area contributed by atoms with Crippen LogP contribution in [0, 0.1) is 6.92 Å². The monoisotopic (exact) mass is 372 g/mol. The molecule has 2 aromatic carbocycles. The third-order valence-corrected chi connectivity index (χ3v) is 4.57. The number of rotatable bonds is 7. The van der Waals surface area contributed by atoms with Gasteiger partial charge in [0.25, 0.3) is 0 Å². The molecule has 4 nitrogen and oxygen atoms in total. The van der Waals surface area contributed by atoms with Crippen molar-refractivity contribution in [1.82, 2.24) is 9.88 Å². The summed E-state index contributed by atoms with van der Waals surface area (Å²) >= 11 is 0. The van der Waals surface area contributed by atoms with E-state index in [0.29, 0.717) is 13.1 Å². The molecular formula is C24H24N2O2. The highest BCUT2D eigenvalue weighted by Crippen LogP contribution is 2.19. The largest absolute Gasteiger partial charge is 0.496 e. The minimum atomic E-state index is -0.0574. The Hall–Kier alpha value is -3.40. The maximum absolute atomic E-state index is 13.0. The van der Waals surface area contributed by atoms with E-state index in [9.17, 15) is 4.79 Å². The Bertz CT molecular complexity index is 952. The Labute approximate surface area is 166 Å². The van der Waals surface area contributed by atoms with Crippen LogP contribution in [0.25, 0.3) is 6.08 Å². The van der Waals surface area contributed by atoms with Crippen molar-refractivity contribution in [3.63, 3.8) is 0 Å². The summed E-state index contributed by atoms with van der Waals surface area (Å²) in [6.45, 7) is 3.10. The van der Waals surface area contributed by atoms with Gasteiger partial charge in [-0.3, -0.25) is 9.78 Å². The van der Waals surface area contributed by atoms with Crippen LogP contribution in [0.2, 0.25) is 0 Å². The molecule has 0 aliphatic rings. The lowest BCUT2D eigenvalue weighted by molar-refractivity contribution is -0.127. The van der Waals surface area contributed by atoms with Gasteiger partial charge in [0.1, 0.15) is 5.75 Å². The molecule has 3 aromatic rings. The van der Waals surface area contributed by atoms with Crippen molar-refractivity contribution < 1.29 is 9.53 Å². The molecule has 0 unspecified atom stereocenters. The fourth-order valence-electron chi connectivity index (χ4n) is 2.99. The Balaban J connectivity index is 1.83. The van der Waals surface area contributed by atoms with Gasteiger partial charge in [-0.25, -0.2) is 0 Å². The maximum Gasteiger partial charge on any atom is 0.247 e. The molecule has 0 N–H and O–H groups in total. The molecule has 0 aliphatic heterocycles. The molecule has 142 valence electrons. The molecular weight excluding hydrogens is 348 g/mol. The minimum absolute atomic E-state index is 0.0574. The minimum Gasteiger partial charge on any atom is -0.496 e. The molecule has 0 fully saturated rings. The molecule has 3 rings (SSSR count). The van der Waals surface area contributed by atoms with Gasteiger partial charge in [0.15, 0.2) is 0 Å². The molecule has 0 spiro atoms. The fraction of sp³-hybridized carbons (Fsp3) is 0.167. The van der Waals surface area contributed by atoms with Gasteiger partial charge in [-0.1, -0.05) is 48.5 Å². The summed E-state index contributed by atoms with van der Waals surface area (Å²) in [6, 6.07) is 19.6. The normalized spacial score (nSPS) is 10.8. The summed E-state index contributed by atoms with van der Waals surface area (Å²) in [4.78, 5) is 19.0. The zero-order chi connectivity index (χ0) is 19.8. The molecule has 4 heteroatoms. The number of methoxy groups -OCH3 is 1. The number of hydrogen-bond donors (Lipinski definition) is 0. The van der Waals surface area contributed by atoms with Crippen LogP contribution < -0.4 is 4.74 Å². The standard InChI is InChI=1S/C24H24N2O2/c1-19-8-3-4-11-22(19)18-26(17-20-9-7-15-25-16-20)24(27)14-13-21-10-5-6-12-23(21)28-2/h3-16H,17-18H2,1-2H3. The number of aryl methyl sites for hydroxylation is 1. The van der Waals surface area contributed by atoms with Gasteiger partial charge in [0.2, 0.25) is 5.91 Å². The average molecular weight is 372 g/mol. The van der Waals surface area contributed by atoms with Crippen LogP contribution in [0.1, 0.15) is 22.3 Å². The van der Waals surface area contributed by atoms with Crippen LogP contribution >= 0.6 is 0 Å². The molecule has 0 atom stereocenters. The Morgan fingerprint density at radius 2 is 1.82 bits per heavy atom. The highest BCUT2D eigenvalue weighted by molar-refractivity contribution is 5.92. The van der Waals surface area contributed by atoms with Crippen molar-refractivity contribution in [3.05, 3.63) is 101 Å². The van der Waals surface area contributed by atoms with Crippen LogP contribution in [0.3, 0.4) is 0 Å². The quantitative estimate of drug-likeness (QED) is 0.568. The number of aromatic nitrogens is 1. The molecule has 1 aromatic heterocycles. The second-order valence-electron chi connectivity index (χ2n) is 6.56. The second kappa shape index (κ2) is 9.51. The second-order valence-corrected chi connectivity index (χ2v) is 6.56. The van der Waals surface area contributed by atoms with Crippen molar-refractivity contribution >= 4 is 12.0 Å². The number of hydrogen-bond acceptors (Lipinski definition) is 3. The van der Waals surface area contributed by atoms with E-state index in [2.05, 4.69) is 24.0 Å². The highest BCUT2D eigenvalue weighted by atomic mass is 16.5. The number of amides is 1. The van der Waals surface area contributed by atoms with E-state index in [1.54, 1.807) is 31.7 Å². The third-order valence-electron chi connectivity index (χ3n) is 4.57. The van der Waals surface area contributed by atoms with Crippen molar-refractivity contribution in [3.8, 4) is 5.75 Å². The van der Waals surface area contributed by atoms with E-state index in [1.165, 1.54) is 5.56 Å². The maximum atomic E-state index is 13.0. The number of ether oxygens (including phenoxy) is 1. The lowest BCUT2D eigenvalue weighted by atomic mass is 10.1. The summed E-state index contributed by atoms with van der Waals surface area (Å²) in [6.07, 6.45) is 6.93. The summed E-state index contributed by atoms with van der Waals surface area (Å²) < 4.78 is 5.36. The average Bonchev–Trinajstić information content (AvgIpc) is 2.74. The van der Waals surface area contributed by atoms with E-state index >= 15 is 0 Å². The number of carbonyl (C=O) groups excluding carboxylic acids is 1. The molecule has 1 heterocycles. The zero-order valence-corrected chi connectivity index (χ0v) is 16.2. The van der Waals surface area contributed by atoms with Gasteiger partial charge >= 0.3 is 0 Å². The number of para-hydroxylation sites is 1. The smallest absolute Gasteiger partial charge is 0.247 e. The van der Waals surface area contributed by atoms with E-state index in [1.807, 2.05) is 53.4 Å². The van der Waals surface area contributed by atoms with Gasteiger partial charge in [0, 0.05) is 37.1 Å². The van der Waals surface area contributed by atoms with Crippen LogP contribution in [0.4, 0.5) is 0 Å². The number of pyridine rings is 1. The lowest BCUT2D eigenvalue weighted by Crippen LogP contribution is -2.28. The van der Waals surface area contributed by atoms with Gasteiger partial charge < -0.3 is 9.64 Å². The molecule has 0 bridgehead atoms. The predicted molar refractivity (Wildman–Crippen MR) is 112 cm³/mol. The zero-order valence-electron chi connectivity index (χ0n) is 16.2. The van der Waals surface area contributed by atoms with Crippen LogP contribution in [-0.2, 0) is 17.9 Å². The summed E-state index contributed by atoms with van der Waals surface area (Å²) in [5.41, 5.74) is 4.16. The topological polar surface area (TPSA) is 42.4 Å². The van der Waals surface area contributed by atoms with Gasteiger partial charge in [0.05, 0.1) is 7.11 Å². The van der Waals surface area contributed by atoms with Crippen molar-refractivity contribution in [2.75, 3.05) is 7.11 Å². The third kappa shape index (κ3) is 5.07. The number of carbonyl (C=O) groups is 1. The first kappa shape index (κ1) is 19.4. The molecule has 0 aliphatic carbocycles. The van der Waals surface area contributed by atoms with Crippen molar-refractivity contribution in [2.24, 2.45) is 0 Å². The van der Waals surface area contributed by atoms with Crippen LogP contribution in [-0.4, -0.2) is 22.9 Å². The Morgan fingerprint density at radius 3 is 2.57 bits per heavy atom. The van der Waals surface area contributed by atoms with Crippen LogP contribution in [0.5, 0.6) is 5.75 Å². The van der Waals surface area contributed by atoms with Crippen molar-refractivity contribution in [2.45, 2.75) is 20.0 Å². The predicted octanol–water partition coefficient (Wildman–Crippen LogP) is 4.64. The number of nitrogens with zero attached hydrogens (tertiary/aromatic N) is 2. The fourth-order valence-corrected chi connectivity index (χ4v) is 2.99. The summed E-state index contributed by atoms with van der Waals surface area (Å²) in [5.74, 6) is 0.683. The summed E-state index contributed by atoms with van der Waals surface area (Å²) in [7, 11) is 1.63. The first-order chi connectivity index (χ1) is 13.7. The first-order valence-electron chi connectivity index (χ1n) is 9.21. The molecule has 0 radical (unpaired) electrons. The number of benzene rings is 2. The van der Waals surface area contributed by atoms with Gasteiger partial charge in [-0.2, -0.15) is 0 Å². The van der Waals surface area contributed by atoms with Gasteiger partial charge in [-0.15, -0.1) is 0 Å². The SMILES string of the molecule is COc1ccccc1C=CC(=O)N(Cc1cccnc1)Cc1ccccc1C. The summed E-state index contributed by atoms with van der Waals surface area (Å²) in [5, 5.41) is 0.